The van der Waals surface area contributed by atoms with Crippen LogP contribution in [-0.2, 0) is 24.8 Å². The topological polar surface area (TPSA) is 193 Å². The molecule has 192 valence electrons. The van der Waals surface area contributed by atoms with Gasteiger partial charge in [0.2, 0.25) is 15.7 Å². The molecule has 1 amide bonds. The molecule has 5 N–H and O–H groups in total. The molecule has 0 saturated carbocycles. The van der Waals surface area contributed by atoms with Gasteiger partial charge in [0.1, 0.15) is 17.6 Å². The number of sulfonamides is 2. The third-order valence-corrected chi connectivity index (χ3v) is 6.94. The lowest BCUT2D eigenvalue weighted by Crippen LogP contribution is -2.22. The second kappa shape index (κ2) is 11.0. The number of rotatable bonds is 9. The van der Waals surface area contributed by atoms with Crippen molar-refractivity contribution in [3.05, 3.63) is 72.5 Å². The van der Waals surface area contributed by atoms with Gasteiger partial charge in [-0.3, -0.25) is 14.9 Å². The molecular weight excluding hydrogens is 527 g/mol. The highest BCUT2D eigenvalue weighted by Gasteiger charge is 2.18. The highest BCUT2D eigenvalue weighted by molar-refractivity contribution is 7.92. The van der Waals surface area contributed by atoms with Crippen molar-refractivity contribution in [2.75, 3.05) is 22.6 Å². The molecule has 0 aliphatic rings. The molecule has 0 fully saturated rings. The minimum atomic E-state index is -4.10. The summed E-state index contributed by atoms with van der Waals surface area (Å²) in [5.74, 6) is -1.34. The van der Waals surface area contributed by atoms with Gasteiger partial charge in [-0.1, -0.05) is 0 Å². The van der Waals surface area contributed by atoms with Crippen LogP contribution in [0.25, 0.3) is 0 Å². The van der Waals surface area contributed by atoms with Gasteiger partial charge in [0, 0.05) is 5.69 Å². The number of methoxy groups -OCH3 is 1. The van der Waals surface area contributed by atoms with E-state index in [4.69, 9.17) is 9.88 Å². The van der Waals surface area contributed by atoms with Crippen LogP contribution in [0.1, 0.15) is 0 Å². The number of nitrogens with two attached hydrogens (primary N) is 1. The number of nitrogens with zero attached hydrogens (tertiary/aromatic N) is 2. The van der Waals surface area contributed by atoms with Gasteiger partial charge in [-0.2, -0.15) is 10.4 Å². The highest BCUT2D eigenvalue weighted by atomic mass is 32.2. The molecule has 3 aromatic rings. The Hall–Kier alpha value is -4.52. The standard InChI is InChI=1S/C22H19FN6O6S2/c1-35-21-11-6-16(12-19(21)29-37(33,34)18-7-2-14(23)3-8-18)27-28-20(13-24)22(30)26-15-4-9-17(10-5-15)36(25,31)32/h2-12,27,29H,1H3,(H,26,30)(H2,25,31,32)/b28-20+. The average molecular weight is 547 g/mol. The maximum Gasteiger partial charge on any atom is 0.287 e. The third-order valence-electron chi connectivity index (χ3n) is 4.63. The Kier molecular flexibility index (Phi) is 8.07. The SMILES string of the molecule is COc1ccc(N/N=C(\C#N)C(=O)Nc2ccc(S(N)(=O)=O)cc2)cc1NS(=O)(=O)c1ccc(F)cc1. The molecule has 0 aliphatic carbocycles. The second-order valence-corrected chi connectivity index (χ2v) is 10.4. The number of primary sulfonamides is 1. The second-order valence-electron chi connectivity index (χ2n) is 7.18. The smallest absolute Gasteiger partial charge is 0.287 e. The molecule has 0 heterocycles. The predicted octanol–water partition coefficient (Wildman–Crippen LogP) is 2.21. The molecule has 12 nitrogen and oxygen atoms in total. The summed E-state index contributed by atoms with van der Waals surface area (Å²) in [7, 11) is -6.69. The molecule has 0 bridgehead atoms. The number of hydrogen-bond acceptors (Lipinski definition) is 9. The fourth-order valence-corrected chi connectivity index (χ4v) is 4.42. The van der Waals surface area contributed by atoms with E-state index in [9.17, 15) is 31.3 Å². The summed E-state index contributed by atoms with van der Waals surface area (Å²) in [5, 5.41) is 20.5. The molecule has 0 radical (unpaired) electrons. The summed E-state index contributed by atoms with van der Waals surface area (Å²) < 4.78 is 68.6. The first kappa shape index (κ1) is 27.1. The van der Waals surface area contributed by atoms with Crippen LogP contribution in [0.15, 0.2) is 81.6 Å². The van der Waals surface area contributed by atoms with Gasteiger partial charge in [0.05, 0.1) is 28.3 Å². The van der Waals surface area contributed by atoms with Crippen LogP contribution >= 0.6 is 0 Å². The zero-order valence-electron chi connectivity index (χ0n) is 19.0. The fraction of sp³-hybridized carbons (Fsp3) is 0.0455. The van der Waals surface area contributed by atoms with Gasteiger partial charge in [-0.25, -0.2) is 26.4 Å². The quantitative estimate of drug-likeness (QED) is 0.232. The Morgan fingerprint density at radius 3 is 2.14 bits per heavy atom. The molecule has 37 heavy (non-hydrogen) atoms. The lowest BCUT2D eigenvalue weighted by molar-refractivity contribution is -0.110. The molecule has 0 aromatic heterocycles. The van der Waals surface area contributed by atoms with E-state index in [1.807, 2.05) is 0 Å². The Balaban J connectivity index is 1.78. The van der Waals surface area contributed by atoms with Crippen LogP contribution in [0.4, 0.5) is 21.5 Å². The van der Waals surface area contributed by atoms with Crippen molar-refractivity contribution in [1.29, 1.82) is 5.26 Å². The van der Waals surface area contributed by atoms with Crippen LogP contribution in [0.3, 0.4) is 0 Å². The first-order valence-electron chi connectivity index (χ1n) is 10.1. The Bertz CT molecular complexity index is 1600. The van der Waals surface area contributed by atoms with Crippen molar-refractivity contribution in [2.24, 2.45) is 10.2 Å². The number of nitriles is 1. The van der Waals surface area contributed by atoms with E-state index in [1.165, 1.54) is 49.6 Å². The molecule has 0 aliphatic heterocycles. The number of carbonyl (C=O) groups excluding carboxylic acids is 1. The predicted molar refractivity (Wildman–Crippen MR) is 133 cm³/mol. The van der Waals surface area contributed by atoms with Gasteiger partial charge < -0.3 is 10.1 Å². The maximum atomic E-state index is 13.2. The van der Waals surface area contributed by atoms with E-state index < -0.39 is 37.5 Å². The first-order chi connectivity index (χ1) is 17.4. The fourth-order valence-electron chi connectivity index (χ4n) is 2.84. The summed E-state index contributed by atoms with van der Waals surface area (Å²) in [6.45, 7) is 0. The minimum Gasteiger partial charge on any atom is -0.495 e. The zero-order chi connectivity index (χ0) is 27.2. The minimum absolute atomic E-state index is 0.00456. The van der Waals surface area contributed by atoms with Crippen molar-refractivity contribution in [2.45, 2.75) is 9.79 Å². The molecule has 0 spiro atoms. The number of nitrogens with one attached hydrogen (secondary N) is 3. The van der Waals surface area contributed by atoms with Gasteiger partial charge in [0.15, 0.2) is 0 Å². The zero-order valence-corrected chi connectivity index (χ0v) is 20.6. The number of hydrazone groups is 1. The van der Waals surface area contributed by atoms with Crippen LogP contribution in [-0.4, -0.2) is 35.6 Å². The van der Waals surface area contributed by atoms with Crippen LogP contribution in [0.2, 0.25) is 0 Å². The van der Waals surface area contributed by atoms with Gasteiger partial charge in [-0.15, -0.1) is 0 Å². The molecule has 0 unspecified atom stereocenters. The Morgan fingerprint density at radius 2 is 1.57 bits per heavy atom. The average Bonchev–Trinajstić information content (AvgIpc) is 2.84. The number of amides is 1. The third kappa shape index (κ3) is 7.01. The molecule has 0 atom stereocenters. The van der Waals surface area contributed by atoms with E-state index >= 15 is 0 Å². The number of ether oxygens (including phenoxy) is 1. The van der Waals surface area contributed by atoms with Gasteiger partial charge in [0.25, 0.3) is 15.9 Å². The summed E-state index contributed by atoms with van der Waals surface area (Å²) in [6.07, 6.45) is 0. The lowest BCUT2D eigenvalue weighted by Gasteiger charge is -2.13. The summed E-state index contributed by atoms with van der Waals surface area (Å²) in [6, 6.07) is 14.9. The highest BCUT2D eigenvalue weighted by Crippen LogP contribution is 2.30. The number of halogens is 1. The molecule has 3 aromatic carbocycles. The van der Waals surface area contributed by atoms with Crippen molar-refractivity contribution in [3.63, 3.8) is 0 Å². The van der Waals surface area contributed by atoms with Gasteiger partial charge in [-0.05, 0) is 66.7 Å². The number of hydrogen-bond donors (Lipinski definition) is 4. The number of carbonyl (C=O) groups is 1. The van der Waals surface area contributed by atoms with Gasteiger partial charge >= 0.3 is 0 Å². The van der Waals surface area contributed by atoms with E-state index in [1.54, 1.807) is 6.07 Å². The summed E-state index contributed by atoms with van der Waals surface area (Å²) >= 11 is 0. The van der Waals surface area contributed by atoms with Crippen LogP contribution < -0.4 is 25.3 Å². The van der Waals surface area contributed by atoms with E-state index in [0.29, 0.717) is 0 Å². The lowest BCUT2D eigenvalue weighted by atomic mass is 10.2. The summed E-state index contributed by atoms with van der Waals surface area (Å²) in [4.78, 5) is 12.0. The number of benzene rings is 3. The monoisotopic (exact) mass is 546 g/mol. The number of anilines is 3. The van der Waals surface area contributed by atoms with Crippen molar-refractivity contribution in [1.82, 2.24) is 0 Å². The Morgan fingerprint density at radius 1 is 0.973 bits per heavy atom. The van der Waals surface area contributed by atoms with Crippen molar-refractivity contribution < 1.29 is 30.8 Å². The Labute approximate surface area is 211 Å². The van der Waals surface area contributed by atoms with Crippen molar-refractivity contribution >= 4 is 48.7 Å². The van der Waals surface area contributed by atoms with E-state index in [0.717, 1.165) is 24.3 Å². The molecule has 0 saturated heterocycles. The largest absolute Gasteiger partial charge is 0.495 e. The summed E-state index contributed by atoms with van der Waals surface area (Å²) in [5.41, 5.74) is 2.28. The molecule has 3 rings (SSSR count). The van der Waals surface area contributed by atoms with E-state index in [2.05, 4.69) is 20.6 Å². The van der Waals surface area contributed by atoms with E-state index in [-0.39, 0.29) is 32.6 Å². The maximum absolute atomic E-state index is 13.2. The molecular formula is C22H19FN6O6S2. The van der Waals surface area contributed by atoms with Crippen molar-refractivity contribution in [3.8, 4) is 11.8 Å². The first-order valence-corrected chi connectivity index (χ1v) is 13.1. The van der Waals surface area contributed by atoms with Crippen LogP contribution in [0, 0.1) is 17.1 Å². The normalized spacial score (nSPS) is 11.8. The molecule has 15 heteroatoms. The van der Waals surface area contributed by atoms with Crippen LogP contribution in [0.5, 0.6) is 5.75 Å².